The smallest absolute Gasteiger partial charge is 0.0897 e. The molecule has 3 atom stereocenters. The van der Waals surface area contributed by atoms with Crippen molar-refractivity contribution in [2.24, 2.45) is 53.3 Å². The standard InChI is InChI=1S/C13H27N.3C12H23N.C12H19N.C11H24N2.3C11H22N2.C11H20N2/c1-11(2)13-7-5-9-14(12(3)4)10-6-8-13;9*1-10(2)12-7-5-6-8-13(9-12)11(3)4/h11-13H,5-10H2,1-4H3;6,8,10-12H,5,7,9H2,1-4H3;5,7,10-12H,6,8-9H2,1-4H3;5-6,10-12H,7-9H2,1-4H3;5-11H,1-4H3;10-11H,5-9H2,1-4H3;2*5,7,10-11H,6,8-9H2,1-4H3;5-6,10-11H,7-9H2,1-4H3;5-8,10-11H,9H2,1-4H3. The Bertz CT molecular complexity index is 2800. The van der Waals surface area contributed by atoms with Crippen LogP contribution in [0.3, 0.4) is 0 Å². The zero-order chi connectivity index (χ0) is 99.2. The average Bonchev–Trinajstić information content (AvgIpc) is 1.65. The van der Waals surface area contributed by atoms with Crippen molar-refractivity contribution >= 4 is 0 Å². The predicted molar refractivity (Wildman–Crippen MR) is 585 cm³/mol. The Kier molecular flexibility index (Phi) is 66.8. The molecule has 0 amide bonds. The molecule has 15 nitrogen and oxygen atoms in total. The second-order valence-electron chi connectivity index (χ2n) is 45.4. The summed E-state index contributed by atoms with van der Waals surface area (Å²) in [6.45, 7) is 112. The van der Waals surface area contributed by atoms with Gasteiger partial charge in [0.25, 0.3) is 0 Å². The predicted octanol–water partition coefficient (Wildman–Crippen LogP) is 27.1. The molecular weight excluding hydrogens is 1600 g/mol. The van der Waals surface area contributed by atoms with Crippen LogP contribution in [0.4, 0.5) is 0 Å². The Morgan fingerprint density at radius 3 is 0.992 bits per heavy atom. The minimum Gasteiger partial charge on any atom is -0.375 e. The average molecular weight is 1830 g/mol. The largest absolute Gasteiger partial charge is 0.375 e. The highest BCUT2D eigenvalue weighted by molar-refractivity contribution is 5.27. The van der Waals surface area contributed by atoms with E-state index in [0.29, 0.717) is 90.5 Å². The molecule has 0 aromatic rings. The van der Waals surface area contributed by atoms with Crippen molar-refractivity contribution < 1.29 is 0 Å². The van der Waals surface area contributed by atoms with Crippen LogP contribution in [-0.2, 0) is 0 Å². The van der Waals surface area contributed by atoms with Gasteiger partial charge in [0.15, 0.2) is 0 Å². The van der Waals surface area contributed by atoms with E-state index in [4.69, 9.17) is 0 Å². The third kappa shape index (κ3) is 55.1. The minimum absolute atomic E-state index is 0.532. The first-order valence-electron chi connectivity index (χ1n) is 54.2. The van der Waals surface area contributed by atoms with Crippen LogP contribution in [0.1, 0.15) is 354 Å². The second-order valence-corrected chi connectivity index (χ2v) is 45.4. The van der Waals surface area contributed by atoms with Gasteiger partial charge in [0, 0.05) is 174 Å². The van der Waals surface area contributed by atoms with Crippen LogP contribution in [-0.4, -0.2) is 283 Å². The summed E-state index contributed by atoms with van der Waals surface area (Å²) in [6, 6.07) is 9.63. The number of allylic oxidation sites excluding steroid dienone is 8. The Labute approximate surface area is 819 Å². The Morgan fingerprint density at radius 1 is 0.237 bits per heavy atom. The normalized spacial score (nSPS) is 21.6. The molecule has 0 radical (unpaired) electrons. The molecule has 0 aliphatic carbocycles. The van der Waals surface area contributed by atoms with E-state index in [-0.39, 0.29) is 0 Å². The molecular formula is C116H225N15. The molecule has 0 aromatic carbocycles. The van der Waals surface area contributed by atoms with E-state index in [1.807, 2.05) is 0 Å². The number of hydrogen-bond acceptors (Lipinski definition) is 15. The maximum absolute atomic E-state index is 2.64. The van der Waals surface area contributed by atoms with Crippen molar-refractivity contribution in [1.29, 1.82) is 0 Å². The van der Waals surface area contributed by atoms with Gasteiger partial charge in [-0.3, -0.25) is 34.3 Å². The highest BCUT2D eigenvalue weighted by Crippen LogP contribution is 2.28. The Morgan fingerprint density at radius 2 is 0.595 bits per heavy atom. The van der Waals surface area contributed by atoms with E-state index < -0.39 is 0 Å². The summed E-state index contributed by atoms with van der Waals surface area (Å²) in [5.41, 5.74) is 1.39. The summed E-state index contributed by atoms with van der Waals surface area (Å²) in [6.07, 6.45) is 62.8. The molecule has 3 unspecified atom stereocenters. The van der Waals surface area contributed by atoms with Crippen molar-refractivity contribution in [2.75, 3.05) is 118 Å². The maximum Gasteiger partial charge on any atom is 0.0897 e. The van der Waals surface area contributed by atoms with Crippen LogP contribution >= 0.6 is 0 Å². The molecule has 10 aliphatic rings. The molecule has 0 spiro atoms. The summed E-state index contributed by atoms with van der Waals surface area (Å²) in [5.74, 6) is 7.35. The van der Waals surface area contributed by atoms with Crippen LogP contribution in [0.5, 0.6) is 0 Å². The number of likely N-dealkylation sites (tertiary alicyclic amines) is 1. The molecule has 131 heavy (non-hydrogen) atoms. The van der Waals surface area contributed by atoms with Crippen LogP contribution in [0.25, 0.3) is 0 Å². The summed E-state index contributed by atoms with van der Waals surface area (Å²) < 4.78 is 0. The molecule has 10 heterocycles. The van der Waals surface area contributed by atoms with Gasteiger partial charge in [-0.05, 0) is 407 Å². The topological polar surface area (TPSA) is 48.6 Å². The highest BCUT2D eigenvalue weighted by Gasteiger charge is 2.27. The van der Waals surface area contributed by atoms with E-state index >= 15 is 0 Å². The summed E-state index contributed by atoms with van der Waals surface area (Å²) in [5, 5.41) is 0. The van der Waals surface area contributed by atoms with Crippen molar-refractivity contribution in [1.82, 2.24) is 73.5 Å². The van der Waals surface area contributed by atoms with Crippen molar-refractivity contribution in [3.63, 3.8) is 0 Å². The number of hydrogen-bond donors (Lipinski definition) is 0. The molecule has 10 aliphatic heterocycles. The molecule has 0 aromatic heterocycles. The lowest BCUT2D eigenvalue weighted by Gasteiger charge is -2.32. The molecule has 15 heteroatoms. The van der Waals surface area contributed by atoms with E-state index in [1.165, 1.54) is 148 Å². The van der Waals surface area contributed by atoms with E-state index in [0.717, 1.165) is 106 Å². The van der Waals surface area contributed by atoms with Gasteiger partial charge in [-0.15, -0.1) is 0 Å². The monoisotopic (exact) mass is 1830 g/mol. The lowest BCUT2D eigenvalue weighted by atomic mass is 9.86. The Hall–Kier alpha value is -4.42. The van der Waals surface area contributed by atoms with Gasteiger partial charge in [0.1, 0.15) is 0 Å². The van der Waals surface area contributed by atoms with Crippen LogP contribution < -0.4 is 0 Å². The third-order valence-corrected chi connectivity index (χ3v) is 28.3. The third-order valence-electron chi connectivity index (χ3n) is 28.3. The van der Waals surface area contributed by atoms with Crippen LogP contribution in [0, 0.1) is 53.3 Å². The highest BCUT2D eigenvalue weighted by atomic mass is 15.4. The molecule has 0 bridgehead atoms. The Balaban J connectivity index is 0.000000728. The summed E-state index contributed by atoms with van der Waals surface area (Å²) >= 11 is 0. The first-order valence-corrected chi connectivity index (χ1v) is 54.2. The zero-order valence-corrected chi connectivity index (χ0v) is 94.4. The van der Waals surface area contributed by atoms with Gasteiger partial charge in [-0.25, -0.2) is 0 Å². The van der Waals surface area contributed by atoms with E-state index in [1.54, 1.807) is 0 Å². The van der Waals surface area contributed by atoms with Gasteiger partial charge < -0.3 is 39.2 Å². The molecule has 0 saturated carbocycles. The van der Waals surface area contributed by atoms with Crippen molar-refractivity contribution in [2.45, 2.75) is 445 Å². The lowest BCUT2D eigenvalue weighted by Crippen LogP contribution is -2.43. The SMILES string of the molecule is CC(C)C1=CN(C(C)C)C=CC=C1.CC(C)C1C=CCCN(C(C)C)C1.CC(C)C1CC=CCN(C(C)C)C1.CC(C)C1CCC=CN(C(C)C)C1.CC(C)C1CCCN(C(C)C)CCC1.CC(C)N1C=CC=CN(C(C)C)C1.CC(C)N1C=CCCN(C(C)C)C1.CC(C)N1C=CCCN(C(C)C)C1.CC(C)N1CC=CCN(C(C)C)C1.CC(C)N1CCCCN(C(C)C)C1. The van der Waals surface area contributed by atoms with Crippen molar-refractivity contribution in [3.05, 3.63) is 134 Å². The summed E-state index contributed by atoms with van der Waals surface area (Å²) in [7, 11) is 0. The molecule has 10 rings (SSSR count). The van der Waals surface area contributed by atoms with Gasteiger partial charge in [0.05, 0.1) is 33.3 Å². The summed E-state index contributed by atoms with van der Waals surface area (Å²) in [4.78, 5) is 37.1. The molecule has 2 saturated heterocycles. The van der Waals surface area contributed by atoms with Crippen LogP contribution in [0.15, 0.2) is 134 Å². The number of rotatable bonds is 20. The first-order chi connectivity index (χ1) is 61.6. The molecule has 0 N–H and O–H groups in total. The fourth-order valence-corrected chi connectivity index (χ4v) is 17.0. The van der Waals surface area contributed by atoms with E-state index in [2.05, 4.69) is 479 Å². The fraction of sp³-hybridized carbons (Fsp3) is 0.810. The first kappa shape index (κ1) is 125. The molecule has 2 fully saturated rings. The van der Waals surface area contributed by atoms with Gasteiger partial charge in [-0.1, -0.05) is 136 Å². The second kappa shape index (κ2) is 70.2. The zero-order valence-electron chi connectivity index (χ0n) is 94.4. The lowest BCUT2D eigenvalue weighted by molar-refractivity contribution is 0.104. The number of nitrogens with zero attached hydrogens (tertiary/aromatic N) is 15. The van der Waals surface area contributed by atoms with Gasteiger partial charge in [0.2, 0.25) is 0 Å². The van der Waals surface area contributed by atoms with E-state index in [9.17, 15) is 0 Å². The minimum atomic E-state index is 0.532. The van der Waals surface area contributed by atoms with Gasteiger partial charge >= 0.3 is 0 Å². The maximum atomic E-state index is 2.64. The van der Waals surface area contributed by atoms with Crippen molar-refractivity contribution in [3.8, 4) is 0 Å². The fourth-order valence-electron chi connectivity index (χ4n) is 17.0. The van der Waals surface area contributed by atoms with Crippen LogP contribution in [0.2, 0.25) is 0 Å². The van der Waals surface area contributed by atoms with Gasteiger partial charge in [-0.2, -0.15) is 0 Å². The quantitative estimate of drug-likeness (QED) is 0.109. The molecule has 764 valence electrons.